The molecule has 0 saturated heterocycles. The van der Waals surface area contributed by atoms with Crippen molar-refractivity contribution in [3.05, 3.63) is 64.4 Å². The molecule has 3 heteroatoms. The van der Waals surface area contributed by atoms with Crippen LogP contribution in [0, 0.1) is 0 Å². The molecule has 0 spiro atoms. The molecule has 0 radical (unpaired) electrons. The maximum Gasteiger partial charge on any atom is 0.0420 e. The molecule has 1 aromatic carbocycles. The Bertz CT molecular complexity index is 576. The highest BCUT2D eigenvalue weighted by molar-refractivity contribution is 9.10. The van der Waals surface area contributed by atoms with Gasteiger partial charge in [-0.2, -0.15) is 0 Å². The standard InChI is InChI=1S/C18H21BrN2/c1-2-20-17(12-16-9-8-15(19)13-21-16)18(10-11-18)14-6-4-3-5-7-14/h3-9,13,17,20H,2,10-12H2,1H3. The maximum absolute atomic E-state index is 4.55. The van der Waals surface area contributed by atoms with Crippen molar-refractivity contribution < 1.29 is 0 Å². The van der Waals surface area contributed by atoms with Gasteiger partial charge in [0, 0.05) is 34.2 Å². The number of nitrogens with one attached hydrogen (secondary N) is 1. The van der Waals surface area contributed by atoms with Crippen LogP contribution in [0.25, 0.3) is 0 Å². The molecule has 1 unspecified atom stereocenters. The molecule has 0 aliphatic heterocycles. The molecule has 1 aliphatic rings. The van der Waals surface area contributed by atoms with Crippen LogP contribution in [0.2, 0.25) is 0 Å². The van der Waals surface area contributed by atoms with Gasteiger partial charge < -0.3 is 5.32 Å². The van der Waals surface area contributed by atoms with E-state index in [-0.39, 0.29) is 0 Å². The number of halogens is 1. The zero-order chi connectivity index (χ0) is 14.7. The molecule has 2 nitrogen and oxygen atoms in total. The Morgan fingerprint density at radius 2 is 1.95 bits per heavy atom. The fourth-order valence-electron chi connectivity index (χ4n) is 3.19. The molecule has 0 amide bonds. The quantitative estimate of drug-likeness (QED) is 0.853. The lowest BCUT2D eigenvalue weighted by Crippen LogP contribution is -2.42. The van der Waals surface area contributed by atoms with Gasteiger partial charge in [0.05, 0.1) is 0 Å². The molecule has 1 N–H and O–H groups in total. The summed E-state index contributed by atoms with van der Waals surface area (Å²) in [6.07, 6.45) is 5.41. The number of nitrogens with zero attached hydrogens (tertiary/aromatic N) is 1. The summed E-state index contributed by atoms with van der Waals surface area (Å²) < 4.78 is 1.04. The molecule has 1 atom stereocenters. The first kappa shape index (κ1) is 14.7. The van der Waals surface area contributed by atoms with Gasteiger partial charge in [-0.3, -0.25) is 4.98 Å². The Kier molecular flexibility index (Phi) is 4.41. The predicted octanol–water partition coefficient (Wildman–Crippen LogP) is 4.10. The molecule has 1 saturated carbocycles. The van der Waals surface area contributed by atoms with Crippen LogP contribution in [-0.2, 0) is 11.8 Å². The molecule has 3 rings (SSSR count). The van der Waals surface area contributed by atoms with Crippen molar-refractivity contribution in [3.63, 3.8) is 0 Å². The molecule has 110 valence electrons. The topological polar surface area (TPSA) is 24.9 Å². The largest absolute Gasteiger partial charge is 0.313 e. The second-order valence-corrected chi connectivity index (χ2v) is 6.72. The highest BCUT2D eigenvalue weighted by Gasteiger charge is 2.50. The molecule has 1 fully saturated rings. The summed E-state index contributed by atoms with van der Waals surface area (Å²) in [7, 11) is 0. The SMILES string of the molecule is CCNC(Cc1ccc(Br)cn1)C1(c2ccccc2)CC1. The number of likely N-dealkylation sites (N-methyl/N-ethyl adjacent to an activating group) is 1. The molecule has 1 aromatic heterocycles. The van der Waals surface area contributed by atoms with E-state index in [4.69, 9.17) is 0 Å². The van der Waals surface area contributed by atoms with E-state index in [9.17, 15) is 0 Å². The third-order valence-corrected chi connectivity index (χ3v) is 4.93. The summed E-state index contributed by atoms with van der Waals surface area (Å²) in [6.45, 7) is 3.18. The first-order valence-corrected chi connectivity index (χ1v) is 8.43. The molecule has 1 heterocycles. The second-order valence-electron chi connectivity index (χ2n) is 5.80. The van der Waals surface area contributed by atoms with E-state index in [1.54, 1.807) is 0 Å². The van der Waals surface area contributed by atoms with Gasteiger partial charge in [-0.25, -0.2) is 0 Å². The van der Waals surface area contributed by atoms with E-state index in [2.05, 4.69) is 75.6 Å². The number of benzene rings is 1. The van der Waals surface area contributed by atoms with E-state index in [0.717, 1.165) is 23.1 Å². The van der Waals surface area contributed by atoms with Gasteiger partial charge in [-0.15, -0.1) is 0 Å². The molecular weight excluding hydrogens is 324 g/mol. The first-order valence-electron chi connectivity index (χ1n) is 7.64. The van der Waals surface area contributed by atoms with E-state index in [1.165, 1.54) is 18.4 Å². The molecule has 0 bridgehead atoms. The molecular formula is C18H21BrN2. The zero-order valence-corrected chi connectivity index (χ0v) is 13.9. The summed E-state index contributed by atoms with van der Waals surface area (Å²) in [5.74, 6) is 0. The number of hydrogen-bond acceptors (Lipinski definition) is 2. The van der Waals surface area contributed by atoms with Crippen molar-refractivity contribution >= 4 is 15.9 Å². The van der Waals surface area contributed by atoms with E-state index in [1.807, 2.05) is 6.20 Å². The maximum atomic E-state index is 4.55. The van der Waals surface area contributed by atoms with Gasteiger partial charge in [0.15, 0.2) is 0 Å². The third kappa shape index (κ3) is 3.19. The fourth-order valence-corrected chi connectivity index (χ4v) is 3.42. The van der Waals surface area contributed by atoms with Crippen LogP contribution in [0.5, 0.6) is 0 Å². The van der Waals surface area contributed by atoms with Crippen molar-refractivity contribution in [3.8, 4) is 0 Å². The lowest BCUT2D eigenvalue weighted by Gasteiger charge is -2.28. The van der Waals surface area contributed by atoms with Crippen molar-refractivity contribution in [1.29, 1.82) is 0 Å². The van der Waals surface area contributed by atoms with E-state index < -0.39 is 0 Å². The van der Waals surface area contributed by atoms with E-state index in [0.29, 0.717) is 11.5 Å². The predicted molar refractivity (Wildman–Crippen MR) is 90.5 cm³/mol. The van der Waals surface area contributed by atoms with Crippen LogP contribution in [0.15, 0.2) is 53.1 Å². The third-order valence-electron chi connectivity index (χ3n) is 4.46. The zero-order valence-electron chi connectivity index (χ0n) is 12.3. The average Bonchev–Trinajstić information content (AvgIpc) is 3.32. The monoisotopic (exact) mass is 344 g/mol. The summed E-state index contributed by atoms with van der Waals surface area (Å²) in [5.41, 5.74) is 2.92. The number of rotatable bonds is 6. The average molecular weight is 345 g/mol. The van der Waals surface area contributed by atoms with Gasteiger partial charge >= 0.3 is 0 Å². The fraction of sp³-hybridized carbons (Fsp3) is 0.389. The molecule has 21 heavy (non-hydrogen) atoms. The van der Waals surface area contributed by atoms with Crippen LogP contribution < -0.4 is 5.32 Å². The Morgan fingerprint density at radius 1 is 1.19 bits per heavy atom. The Morgan fingerprint density at radius 3 is 2.52 bits per heavy atom. The summed E-state index contributed by atoms with van der Waals surface area (Å²) in [5, 5.41) is 3.70. The van der Waals surface area contributed by atoms with Crippen molar-refractivity contribution in [1.82, 2.24) is 10.3 Å². The van der Waals surface area contributed by atoms with Gasteiger partial charge in [0.25, 0.3) is 0 Å². The van der Waals surface area contributed by atoms with Crippen LogP contribution in [0.4, 0.5) is 0 Å². The smallest absolute Gasteiger partial charge is 0.0420 e. The minimum atomic E-state index is 0.298. The number of aromatic nitrogens is 1. The van der Waals surface area contributed by atoms with Crippen LogP contribution in [0.1, 0.15) is 31.0 Å². The highest BCUT2D eigenvalue weighted by Crippen LogP contribution is 2.51. The van der Waals surface area contributed by atoms with Gasteiger partial charge in [0.1, 0.15) is 0 Å². The Labute approximate surface area is 135 Å². The van der Waals surface area contributed by atoms with Crippen LogP contribution in [-0.4, -0.2) is 17.6 Å². The minimum absolute atomic E-state index is 0.298. The van der Waals surface area contributed by atoms with Crippen molar-refractivity contribution in [2.24, 2.45) is 0 Å². The first-order chi connectivity index (χ1) is 10.2. The van der Waals surface area contributed by atoms with Crippen molar-refractivity contribution in [2.75, 3.05) is 6.54 Å². The van der Waals surface area contributed by atoms with Crippen LogP contribution >= 0.6 is 15.9 Å². The normalized spacial score (nSPS) is 17.4. The van der Waals surface area contributed by atoms with Crippen LogP contribution in [0.3, 0.4) is 0 Å². The number of hydrogen-bond donors (Lipinski definition) is 1. The van der Waals surface area contributed by atoms with Gasteiger partial charge in [0.2, 0.25) is 0 Å². The van der Waals surface area contributed by atoms with E-state index >= 15 is 0 Å². The Hall–Kier alpha value is -1.19. The minimum Gasteiger partial charge on any atom is -0.313 e. The molecule has 1 aliphatic carbocycles. The lowest BCUT2D eigenvalue weighted by atomic mass is 9.85. The van der Waals surface area contributed by atoms with Crippen molar-refractivity contribution in [2.45, 2.75) is 37.6 Å². The number of pyridine rings is 1. The highest BCUT2D eigenvalue weighted by atomic mass is 79.9. The summed E-state index contributed by atoms with van der Waals surface area (Å²) >= 11 is 3.45. The Balaban J connectivity index is 1.83. The summed E-state index contributed by atoms with van der Waals surface area (Å²) in [4.78, 5) is 4.55. The summed E-state index contributed by atoms with van der Waals surface area (Å²) in [6, 6.07) is 15.6. The lowest BCUT2D eigenvalue weighted by molar-refractivity contribution is 0.418. The van der Waals surface area contributed by atoms with Gasteiger partial charge in [-0.1, -0.05) is 37.3 Å². The van der Waals surface area contributed by atoms with Gasteiger partial charge in [-0.05, 0) is 53.0 Å². The second kappa shape index (κ2) is 6.29. The molecule has 2 aromatic rings.